The van der Waals surface area contributed by atoms with Gasteiger partial charge in [0.2, 0.25) is 0 Å². The molecule has 2 aromatic rings. The van der Waals surface area contributed by atoms with E-state index in [2.05, 4.69) is 35.4 Å². The number of nitrogens with zero attached hydrogens (tertiary/aromatic N) is 1. The van der Waals surface area contributed by atoms with E-state index in [4.69, 9.17) is 11.6 Å². The molecule has 1 aliphatic rings. The Bertz CT molecular complexity index is 564. The summed E-state index contributed by atoms with van der Waals surface area (Å²) >= 11 is 6.05. The third kappa shape index (κ3) is 3.02. The molecule has 0 amide bonds. The summed E-state index contributed by atoms with van der Waals surface area (Å²) in [6.07, 6.45) is 4.21. The first-order chi connectivity index (χ1) is 9.72. The highest BCUT2D eigenvalue weighted by Crippen LogP contribution is 2.38. The van der Waals surface area contributed by atoms with Crippen LogP contribution >= 0.6 is 11.6 Å². The lowest BCUT2D eigenvalue weighted by Crippen LogP contribution is -2.41. The van der Waals surface area contributed by atoms with Crippen molar-refractivity contribution >= 4 is 11.6 Å². The molecule has 3 rings (SSSR count). The van der Waals surface area contributed by atoms with Gasteiger partial charge in [0.15, 0.2) is 0 Å². The Labute approximate surface area is 125 Å². The van der Waals surface area contributed by atoms with E-state index in [9.17, 15) is 0 Å². The van der Waals surface area contributed by atoms with E-state index in [1.165, 1.54) is 18.4 Å². The van der Waals surface area contributed by atoms with Crippen LogP contribution in [0.25, 0.3) is 0 Å². The molecule has 0 spiro atoms. The molecule has 2 nitrogen and oxygen atoms in total. The highest BCUT2D eigenvalue weighted by Gasteiger charge is 2.31. The maximum atomic E-state index is 6.05. The standard InChI is InChI=1S/C17H19ClN2/c1-12(17-7-2-3-8-19-17)20-16-10-14(11-16)13-5-4-6-15(18)9-13/h2-9,12,14,16,20H,10-11H2,1H3/t12-,14?,16?/m1/s1. The van der Waals surface area contributed by atoms with E-state index < -0.39 is 0 Å². The fourth-order valence-corrected chi connectivity index (χ4v) is 3.06. The van der Waals surface area contributed by atoms with E-state index in [0.717, 1.165) is 10.7 Å². The lowest BCUT2D eigenvalue weighted by molar-refractivity contribution is 0.269. The number of pyridine rings is 1. The number of rotatable bonds is 4. The van der Waals surface area contributed by atoms with Crippen molar-refractivity contribution in [2.24, 2.45) is 0 Å². The second-order valence-corrected chi connectivity index (χ2v) is 6.00. The summed E-state index contributed by atoms with van der Waals surface area (Å²) in [5, 5.41) is 4.49. The Morgan fingerprint density at radius 1 is 1.20 bits per heavy atom. The first-order valence-electron chi connectivity index (χ1n) is 7.15. The highest BCUT2D eigenvalue weighted by atomic mass is 35.5. The van der Waals surface area contributed by atoms with Gasteiger partial charge in [0.1, 0.15) is 0 Å². The van der Waals surface area contributed by atoms with Crippen molar-refractivity contribution in [2.45, 2.75) is 37.8 Å². The average Bonchev–Trinajstić information content (AvgIpc) is 2.43. The number of halogens is 1. The minimum absolute atomic E-state index is 0.307. The Morgan fingerprint density at radius 3 is 2.75 bits per heavy atom. The van der Waals surface area contributed by atoms with E-state index in [1.807, 2.05) is 30.5 Å². The first kappa shape index (κ1) is 13.6. The van der Waals surface area contributed by atoms with Gasteiger partial charge in [-0.15, -0.1) is 0 Å². The van der Waals surface area contributed by atoms with Gasteiger partial charge in [0.25, 0.3) is 0 Å². The molecule has 0 unspecified atom stereocenters. The molecule has 104 valence electrons. The Balaban J connectivity index is 1.54. The van der Waals surface area contributed by atoms with Crippen LogP contribution in [0, 0.1) is 0 Å². The van der Waals surface area contributed by atoms with Gasteiger partial charge in [-0.05, 0) is 55.5 Å². The molecule has 0 aliphatic heterocycles. The maximum Gasteiger partial charge on any atom is 0.0570 e. The van der Waals surface area contributed by atoms with Crippen molar-refractivity contribution < 1.29 is 0 Å². The summed E-state index contributed by atoms with van der Waals surface area (Å²) in [4.78, 5) is 4.40. The molecule has 1 atom stereocenters. The molecule has 1 aromatic heterocycles. The van der Waals surface area contributed by atoms with E-state index in [0.29, 0.717) is 18.0 Å². The normalized spacial score (nSPS) is 23.1. The summed E-state index contributed by atoms with van der Waals surface area (Å²) < 4.78 is 0. The number of benzene rings is 1. The monoisotopic (exact) mass is 286 g/mol. The van der Waals surface area contributed by atoms with Crippen LogP contribution in [-0.4, -0.2) is 11.0 Å². The molecular formula is C17H19ClN2. The maximum absolute atomic E-state index is 6.05. The van der Waals surface area contributed by atoms with Gasteiger partial charge in [-0.2, -0.15) is 0 Å². The second kappa shape index (κ2) is 5.94. The Kier molecular flexibility index (Phi) is 4.04. The third-order valence-corrected chi connectivity index (χ3v) is 4.31. The smallest absolute Gasteiger partial charge is 0.0570 e. The predicted molar refractivity (Wildman–Crippen MR) is 83.0 cm³/mol. The number of hydrogen-bond acceptors (Lipinski definition) is 2. The summed E-state index contributed by atoms with van der Waals surface area (Å²) in [6.45, 7) is 2.18. The Morgan fingerprint density at radius 2 is 2.05 bits per heavy atom. The van der Waals surface area contributed by atoms with Gasteiger partial charge in [0, 0.05) is 23.3 Å². The van der Waals surface area contributed by atoms with Crippen LogP contribution in [-0.2, 0) is 0 Å². The van der Waals surface area contributed by atoms with Crippen molar-refractivity contribution in [1.29, 1.82) is 0 Å². The SMILES string of the molecule is C[C@@H](NC1CC(c2cccc(Cl)c2)C1)c1ccccn1. The summed E-state index contributed by atoms with van der Waals surface area (Å²) in [5.41, 5.74) is 2.47. The van der Waals surface area contributed by atoms with Crippen LogP contribution in [0.3, 0.4) is 0 Å². The molecule has 0 radical (unpaired) electrons. The van der Waals surface area contributed by atoms with Crippen LogP contribution in [0.1, 0.15) is 43.0 Å². The molecule has 0 bridgehead atoms. The van der Waals surface area contributed by atoms with Crippen molar-refractivity contribution in [3.8, 4) is 0 Å². The van der Waals surface area contributed by atoms with E-state index in [-0.39, 0.29) is 0 Å². The largest absolute Gasteiger partial charge is 0.306 e. The first-order valence-corrected chi connectivity index (χ1v) is 7.52. The summed E-state index contributed by atoms with van der Waals surface area (Å²) in [5.74, 6) is 0.641. The van der Waals surface area contributed by atoms with Gasteiger partial charge in [0.05, 0.1) is 5.69 Å². The molecule has 1 N–H and O–H groups in total. The number of nitrogens with one attached hydrogen (secondary N) is 1. The lowest BCUT2D eigenvalue weighted by atomic mass is 9.75. The van der Waals surface area contributed by atoms with Crippen molar-refractivity contribution in [2.75, 3.05) is 0 Å². The van der Waals surface area contributed by atoms with Crippen LogP contribution in [0.5, 0.6) is 0 Å². The fraction of sp³-hybridized carbons (Fsp3) is 0.353. The quantitative estimate of drug-likeness (QED) is 0.905. The zero-order valence-corrected chi connectivity index (χ0v) is 12.3. The number of hydrogen-bond donors (Lipinski definition) is 1. The molecular weight excluding hydrogens is 268 g/mol. The van der Waals surface area contributed by atoms with Crippen molar-refractivity contribution in [3.63, 3.8) is 0 Å². The molecule has 1 saturated carbocycles. The zero-order valence-electron chi connectivity index (χ0n) is 11.6. The molecule has 0 saturated heterocycles. The summed E-state index contributed by atoms with van der Waals surface area (Å²) in [6, 6.07) is 15.2. The third-order valence-electron chi connectivity index (χ3n) is 4.08. The van der Waals surface area contributed by atoms with Crippen LogP contribution < -0.4 is 5.32 Å². The average molecular weight is 287 g/mol. The highest BCUT2D eigenvalue weighted by molar-refractivity contribution is 6.30. The topological polar surface area (TPSA) is 24.9 Å². The van der Waals surface area contributed by atoms with Crippen LogP contribution in [0.15, 0.2) is 48.7 Å². The Hall–Kier alpha value is -1.38. The lowest BCUT2D eigenvalue weighted by Gasteiger charge is -2.38. The van der Waals surface area contributed by atoms with Crippen LogP contribution in [0.2, 0.25) is 5.02 Å². The molecule has 1 aliphatic carbocycles. The molecule has 3 heteroatoms. The molecule has 1 heterocycles. The minimum Gasteiger partial charge on any atom is -0.306 e. The van der Waals surface area contributed by atoms with Gasteiger partial charge in [-0.3, -0.25) is 4.98 Å². The number of aromatic nitrogens is 1. The van der Waals surface area contributed by atoms with Gasteiger partial charge in [-0.1, -0.05) is 29.8 Å². The molecule has 1 fully saturated rings. The van der Waals surface area contributed by atoms with Crippen molar-refractivity contribution in [3.05, 3.63) is 64.9 Å². The van der Waals surface area contributed by atoms with Gasteiger partial charge >= 0.3 is 0 Å². The fourth-order valence-electron chi connectivity index (χ4n) is 2.86. The van der Waals surface area contributed by atoms with Crippen LogP contribution in [0.4, 0.5) is 0 Å². The molecule has 1 aromatic carbocycles. The minimum atomic E-state index is 0.307. The van der Waals surface area contributed by atoms with E-state index >= 15 is 0 Å². The predicted octanol–water partition coefficient (Wildman–Crippen LogP) is 4.33. The second-order valence-electron chi connectivity index (χ2n) is 5.56. The summed E-state index contributed by atoms with van der Waals surface area (Å²) in [7, 11) is 0. The zero-order chi connectivity index (χ0) is 13.9. The van der Waals surface area contributed by atoms with Gasteiger partial charge < -0.3 is 5.32 Å². The van der Waals surface area contributed by atoms with E-state index in [1.54, 1.807) is 0 Å². The van der Waals surface area contributed by atoms with Gasteiger partial charge in [-0.25, -0.2) is 0 Å². The van der Waals surface area contributed by atoms with Crippen molar-refractivity contribution in [1.82, 2.24) is 10.3 Å². The molecule has 20 heavy (non-hydrogen) atoms.